The van der Waals surface area contributed by atoms with E-state index in [0.717, 1.165) is 21.5 Å². The van der Waals surface area contributed by atoms with Crippen molar-refractivity contribution in [3.8, 4) is 6.07 Å². The average Bonchev–Trinajstić information content (AvgIpc) is 2.87. The minimum absolute atomic E-state index is 0.281. The maximum Gasteiger partial charge on any atom is 0.149 e. The Morgan fingerprint density at radius 1 is 1.28 bits per heavy atom. The van der Waals surface area contributed by atoms with E-state index in [1.807, 2.05) is 30.3 Å². The van der Waals surface area contributed by atoms with Gasteiger partial charge in [0.25, 0.3) is 0 Å². The predicted molar refractivity (Wildman–Crippen MR) is 79.8 cm³/mol. The Hall–Kier alpha value is -1.31. The third-order valence-electron chi connectivity index (χ3n) is 2.60. The lowest BCUT2D eigenvalue weighted by Gasteiger charge is -2.11. The highest BCUT2D eigenvalue weighted by Gasteiger charge is 2.12. The first-order valence-corrected chi connectivity index (χ1v) is 7.34. The van der Waals surface area contributed by atoms with Crippen molar-refractivity contribution in [2.75, 3.05) is 5.32 Å². The topological polar surface area (TPSA) is 35.8 Å². The molecule has 4 heteroatoms. The molecule has 1 heterocycles. The van der Waals surface area contributed by atoms with Gasteiger partial charge in [0.05, 0.1) is 6.07 Å². The first kappa shape index (κ1) is 13.1. The molecule has 0 saturated heterocycles. The summed E-state index contributed by atoms with van der Waals surface area (Å²) < 4.78 is 1.03. The molecule has 0 aliphatic carbocycles. The van der Waals surface area contributed by atoms with Crippen LogP contribution in [-0.4, -0.2) is 0 Å². The van der Waals surface area contributed by atoms with E-state index in [1.165, 1.54) is 4.88 Å². The molecular formula is C14H13BrN2S. The van der Waals surface area contributed by atoms with Crippen LogP contribution < -0.4 is 5.32 Å². The number of benzene rings is 1. The number of aryl methyl sites for hydroxylation is 1. The quantitative estimate of drug-likeness (QED) is 0.882. The predicted octanol–water partition coefficient (Wildman–Crippen LogP) is 4.75. The number of halogens is 1. The molecule has 0 saturated carbocycles. The monoisotopic (exact) mass is 320 g/mol. The number of nitriles is 1. The summed E-state index contributed by atoms with van der Waals surface area (Å²) in [6.07, 6.45) is 1.01. The third kappa shape index (κ3) is 3.12. The molecule has 0 aliphatic heterocycles. The van der Waals surface area contributed by atoms with Gasteiger partial charge in [0.1, 0.15) is 6.04 Å². The number of rotatable bonds is 4. The lowest BCUT2D eigenvalue weighted by atomic mass is 10.2. The van der Waals surface area contributed by atoms with Gasteiger partial charge < -0.3 is 5.32 Å². The van der Waals surface area contributed by atoms with Crippen LogP contribution in [0.25, 0.3) is 0 Å². The van der Waals surface area contributed by atoms with Crippen molar-refractivity contribution in [1.82, 2.24) is 0 Å². The van der Waals surface area contributed by atoms with Crippen molar-refractivity contribution in [2.24, 2.45) is 0 Å². The van der Waals surface area contributed by atoms with E-state index in [9.17, 15) is 5.26 Å². The van der Waals surface area contributed by atoms with E-state index >= 15 is 0 Å². The van der Waals surface area contributed by atoms with Crippen LogP contribution in [-0.2, 0) is 6.42 Å². The SMILES string of the molecule is CCc1ccc(C(C#N)Nc2ccc(Br)cc2)s1. The van der Waals surface area contributed by atoms with E-state index in [-0.39, 0.29) is 6.04 Å². The van der Waals surface area contributed by atoms with Crippen LogP contribution in [0.1, 0.15) is 22.7 Å². The maximum atomic E-state index is 9.26. The van der Waals surface area contributed by atoms with Gasteiger partial charge in [-0.05, 0) is 42.8 Å². The van der Waals surface area contributed by atoms with E-state index < -0.39 is 0 Å². The first-order valence-electron chi connectivity index (χ1n) is 5.73. The van der Waals surface area contributed by atoms with Gasteiger partial charge in [-0.25, -0.2) is 0 Å². The van der Waals surface area contributed by atoms with E-state index in [0.29, 0.717) is 0 Å². The molecular weight excluding hydrogens is 308 g/mol. The Bertz CT molecular complexity index is 554. The molecule has 0 radical (unpaired) electrons. The molecule has 0 spiro atoms. The van der Waals surface area contributed by atoms with Gasteiger partial charge in [0, 0.05) is 19.9 Å². The van der Waals surface area contributed by atoms with Gasteiger partial charge in [0.15, 0.2) is 0 Å². The highest BCUT2D eigenvalue weighted by Crippen LogP contribution is 2.27. The molecule has 2 aromatic rings. The van der Waals surface area contributed by atoms with Crippen molar-refractivity contribution in [2.45, 2.75) is 19.4 Å². The lowest BCUT2D eigenvalue weighted by Crippen LogP contribution is -2.06. The molecule has 0 aliphatic rings. The Morgan fingerprint density at radius 2 is 2.00 bits per heavy atom. The summed E-state index contributed by atoms with van der Waals surface area (Å²) in [5.41, 5.74) is 0.955. The Kier molecular flexibility index (Phi) is 4.40. The second kappa shape index (κ2) is 6.03. The second-order valence-electron chi connectivity index (χ2n) is 3.87. The zero-order valence-electron chi connectivity index (χ0n) is 9.98. The number of nitrogens with zero attached hydrogens (tertiary/aromatic N) is 1. The van der Waals surface area contributed by atoms with Gasteiger partial charge in [-0.1, -0.05) is 22.9 Å². The van der Waals surface area contributed by atoms with Crippen LogP contribution in [0.2, 0.25) is 0 Å². The van der Waals surface area contributed by atoms with Crippen LogP contribution in [0.15, 0.2) is 40.9 Å². The first-order chi connectivity index (χ1) is 8.72. The maximum absolute atomic E-state index is 9.26. The van der Waals surface area contributed by atoms with Crippen molar-refractivity contribution in [1.29, 1.82) is 5.26 Å². The fraction of sp³-hybridized carbons (Fsp3) is 0.214. The molecule has 0 amide bonds. The fourth-order valence-corrected chi connectivity index (χ4v) is 2.83. The zero-order valence-corrected chi connectivity index (χ0v) is 12.4. The summed E-state index contributed by atoms with van der Waals surface area (Å²) in [4.78, 5) is 2.38. The summed E-state index contributed by atoms with van der Waals surface area (Å²) in [5, 5.41) is 12.5. The standard InChI is InChI=1S/C14H13BrN2S/c1-2-12-7-8-14(18-12)13(9-16)17-11-5-3-10(15)4-6-11/h3-8,13,17H,2H2,1H3. The van der Waals surface area contributed by atoms with Crippen molar-refractivity contribution in [3.63, 3.8) is 0 Å². The van der Waals surface area contributed by atoms with Crippen LogP contribution in [0.4, 0.5) is 5.69 Å². The summed E-state index contributed by atoms with van der Waals surface area (Å²) in [6, 6.07) is 14.0. The van der Waals surface area contributed by atoms with Gasteiger partial charge in [0.2, 0.25) is 0 Å². The molecule has 0 fully saturated rings. The van der Waals surface area contributed by atoms with Crippen molar-refractivity contribution < 1.29 is 0 Å². The molecule has 92 valence electrons. The summed E-state index contributed by atoms with van der Waals surface area (Å²) >= 11 is 5.09. The van der Waals surface area contributed by atoms with Gasteiger partial charge in [-0.2, -0.15) is 5.26 Å². The Balaban J connectivity index is 2.14. The number of anilines is 1. The Labute approximate surface area is 119 Å². The van der Waals surface area contributed by atoms with Crippen molar-refractivity contribution in [3.05, 3.63) is 50.6 Å². The Morgan fingerprint density at radius 3 is 2.56 bits per heavy atom. The van der Waals surface area contributed by atoms with Crippen LogP contribution in [0, 0.1) is 11.3 Å². The average molecular weight is 321 g/mol. The lowest BCUT2D eigenvalue weighted by molar-refractivity contribution is 1.03. The molecule has 1 aromatic heterocycles. The smallest absolute Gasteiger partial charge is 0.149 e. The number of thiophene rings is 1. The minimum Gasteiger partial charge on any atom is -0.366 e. The third-order valence-corrected chi connectivity index (χ3v) is 4.42. The van der Waals surface area contributed by atoms with E-state index in [1.54, 1.807) is 11.3 Å². The summed E-state index contributed by atoms with van der Waals surface area (Å²) in [5.74, 6) is 0. The van der Waals surface area contributed by atoms with Crippen molar-refractivity contribution >= 4 is 33.0 Å². The molecule has 2 rings (SSSR count). The molecule has 1 N–H and O–H groups in total. The minimum atomic E-state index is -0.281. The summed E-state index contributed by atoms with van der Waals surface area (Å²) in [6.45, 7) is 2.12. The normalized spacial score (nSPS) is 11.8. The van der Waals surface area contributed by atoms with E-state index in [4.69, 9.17) is 0 Å². The van der Waals surface area contributed by atoms with Gasteiger partial charge in [-0.3, -0.25) is 0 Å². The van der Waals surface area contributed by atoms with E-state index in [2.05, 4.69) is 40.3 Å². The van der Waals surface area contributed by atoms with Crippen LogP contribution in [0.5, 0.6) is 0 Å². The highest BCUT2D eigenvalue weighted by atomic mass is 79.9. The molecule has 1 unspecified atom stereocenters. The molecule has 0 bridgehead atoms. The second-order valence-corrected chi connectivity index (χ2v) is 5.99. The molecule has 2 nitrogen and oxygen atoms in total. The van der Waals surface area contributed by atoms with Crippen LogP contribution in [0.3, 0.4) is 0 Å². The largest absolute Gasteiger partial charge is 0.366 e. The molecule has 1 aromatic carbocycles. The molecule has 18 heavy (non-hydrogen) atoms. The molecule has 1 atom stereocenters. The van der Waals surface area contributed by atoms with Gasteiger partial charge in [-0.15, -0.1) is 11.3 Å². The fourth-order valence-electron chi connectivity index (χ4n) is 1.62. The zero-order chi connectivity index (χ0) is 13.0. The number of hydrogen-bond acceptors (Lipinski definition) is 3. The van der Waals surface area contributed by atoms with Gasteiger partial charge >= 0.3 is 0 Å². The highest BCUT2D eigenvalue weighted by molar-refractivity contribution is 9.10. The van der Waals surface area contributed by atoms with Crippen LogP contribution >= 0.6 is 27.3 Å². The number of nitrogens with one attached hydrogen (secondary N) is 1. The summed E-state index contributed by atoms with van der Waals surface area (Å²) in [7, 11) is 0. The number of hydrogen-bond donors (Lipinski definition) is 1.